The number of primary amides is 1. The lowest BCUT2D eigenvalue weighted by atomic mass is 9.80. The fraction of sp³-hybridized carbons (Fsp3) is 0.731. The van der Waals surface area contributed by atoms with Gasteiger partial charge in [0, 0.05) is 12.1 Å². The van der Waals surface area contributed by atoms with Crippen molar-refractivity contribution in [3.8, 4) is 0 Å². The smallest absolute Gasteiger partial charge is 0.316 e. The molecule has 10 nitrogen and oxygen atoms in total. The minimum Gasteiger partial charge on any atom is -0.363 e. The molecule has 2 saturated carbocycles. The van der Waals surface area contributed by atoms with E-state index in [2.05, 4.69) is 36.4 Å². The second-order valence-corrected chi connectivity index (χ2v) is 12.3. The van der Waals surface area contributed by atoms with Gasteiger partial charge in [-0.05, 0) is 62.9 Å². The van der Waals surface area contributed by atoms with Crippen LogP contribution in [0.4, 0.5) is 4.79 Å². The standard InChI is InChI=1S/C26H41N5O5/c1-13(2)18(29-24(36)30-25(3,4)5)23(35)31-12-15-17(26(15,6)7)19(31)22(34)28-16(20(32)21(27)33)11-14-9-8-10-14/h14-19H,1,8-12H2,2-7H3,(H2,27,33)(H,28,34)(H2,29,30,36)/t15?,16-,17?,18-,19-/m0/s1. The summed E-state index contributed by atoms with van der Waals surface area (Å²) in [6.07, 6.45) is 3.28. The maximum Gasteiger partial charge on any atom is 0.316 e. The van der Waals surface area contributed by atoms with Crippen LogP contribution in [0.2, 0.25) is 0 Å². The molecule has 1 saturated heterocycles. The quantitative estimate of drug-likeness (QED) is 0.276. The van der Waals surface area contributed by atoms with Crippen molar-refractivity contribution in [3.63, 3.8) is 0 Å². The summed E-state index contributed by atoms with van der Waals surface area (Å²) >= 11 is 0. The number of urea groups is 1. The van der Waals surface area contributed by atoms with Gasteiger partial charge in [0.1, 0.15) is 12.1 Å². The van der Waals surface area contributed by atoms with Crippen molar-refractivity contribution in [2.45, 2.75) is 90.9 Å². The van der Waals surface area contributed by atoms with Crippen LogP contribution >= 0.6 is 0 Å². The lowest BCUT2D eigenvalue weighted by Gasteiger charge is -2.35. The number of nitrogens with two attached hydrogens (primary N) is 1. The maximum absolute atomic E-state index is 13.6. The van der Waals surface area contributed by atoms with Gasteiger partial charge in [-0.1, -0.05) is 39.7 Å². The fourth-order valence-corrected chi connectivity index (χ4v) is 5.60. The normalized spacial score (nSPS) is 26.1. The van der Waals surface area contributed by atoms with Crippen LogP contribution in [-0.4, -0.2) is 64.6 Å². The van der Waals surface area contributed by atoms with E-state index in [-0.39, 0.29) is 23.2 Å². The number of piperidine rings is 1. The third-order valence-corrected chi connectivity index (χ3v) is 7.93. The molecule has 0 aromatic rings. The van der Waals surface area contributed by atoms with Crippen LogP contribution in [0, 0.1) is 23.2 Å². The van der Waals surface area contributed by atoms with Crippen LogP contribution in [-0.2, 0) is 19.2 Å². The molecule has 0 bridgehead atoms. The van der Waals surface area contributed by atoms with E-state index < -0.39 is 53.2 Å². The van der Waals surface area contributed by atoms with E-state index in [1.54, 1.807) is 6.92 Å². The van der Waals surface area contributed by atoms with Crippen LogP contribution in [0.1, 0.15) is 67.2 Å². The summed E-state index contributed by atoms with van der Waals surface area (Å²) in [6, 6.07) is -3.36. The molecule has 1 heterocycles. The summed E-state index contributed by atoms with van der Waals surface area (Å²) < 4.78 is 0. The Bertz CT molecular complexity index is 964. The number of Topliss-reactive ketones (excluding diaryl/α,β-unsaturated/α-hetero) is 1. The van der Waals surface area contributed by atoms with Gasteiger partial charge in [0.15, 0.2) is 0 Å². The number of nitrogens with zero attached hydrogens (tertiary/aromatic N) is 1. The van der Waals surface area contributed by atoms with Crippen LogP contribution in [0.5, 0.6) is 0 Å². The van der Waals surface area contributed by atoms with Gasteiger partial charge in [0.05, 0.1) is 6.04 Å². The zero-order valence-corrected chi connectivity index (χ0v) is 22.3. The molecule has 5 atom stereocenters. The Morgan fingerprint density at radius 2 is 1.72 bits per heavy atom. The second kappa shape index (κ2) is 9.86. The third-order valence-electron chi connectivity index (χ3n) is 7.93. The van der Waals surface area contributed by atoms with E-state index in [0.29, 0.717) is 18.5 Å². The second-order valence-electron chi connectivity index (χ2n) is 12.3. The Kier molecular flexibility index (Phi) is 7.58. The number of hydrogen-bond acceptors (Lipinski definition) is 5. The molecule has 2 unspecified atom stereocenters. The van der Waals surface area contributed by atoms with E-state index in [4.69, 9.17) is 5.73 Å². The molecule has 3 fully saturated rings. The Morgan fingerprint density at radius 1 is 1.11 bits per heavy atom. The predicted molar refractivity (Wildman–Crippen MR) is 134 cm³/mol. The van der Waals surface area contributed by atoms with E-state index in [1.807, 2.05) is 20.8 Å². The molecule has 10 heteroatoms. The zero-order valence-electron chi connectivity index (χ0n) is 22.3. The zero-order chi connectivity index (χ0) is 27.2. The highest BCUT2D eigenvalue weighted by atomic mass is 16.2. The molecular formula is C26H41N5O5. The first-order valence-electron chi connectivity index (χ1n) is 12.7. The number of rotatable bonds is 9. The summed E-state index contributed by atoms with van der Waals surface area (Å²) in [5.74, 6) is -2.53. The van der Waals surface area contributed by atoms with E-state index in [9.17, 15) is 24.0 Å². The third kappa shape index (κ3) is 5.73. The first kappa shape index (κ1) is 27.7. The molecule has 0 aromatic heterocycles. The summed E-state index contributed by atoms with van der Waals surface area (Å²) in [6.45, 7) is 15.5. The van der Waals surface area contributed by atoms with Gasteiger partial charge >= 0.3 is 6.03 Å². The van der Waals surface area contributed by atoms with Gasteiger partial charge in [-0.25, -0.2) is 4.79 Å². The fourth-order valence-electron chi connectivity index (χ4n) is 5.60. The van der Waals surface area contributed by atoms with E-state index in [0.717, 1.165) is 19.3 Å². The van der Waals surface area contributed by atoms with Gasteiger partial charge < -0.3 is 26.6 Å². The summed E-state index contributed by atoms with van der Waals surface area (Å²) in [5.41, 5.74) is 5.05. The highest BCUT2D eigenvalue weighted by molar-refractivity contribution is 6.37. The number of carbonyl (C=O) groups is 5. The van der Waals surface area contributed by atoms with Crippen molar-refractivity contribution < 1.29 is 24.0 Å². The minimum absolute atomic E-state index is 0.0938. The molecule has 0 radical (unpaired) electrons. The van der Waals surface area contributed by atoms with Crippen LogP contribution < -0.4 is 21.7 Å². The van der Waals surface area contributed by atoms with Crippen molar-refractivity contribution >= 4 is 29.5 Å². The molecular weight excluding hydrogens is 462 g/mol. The molecule has 3 aliphatic rings. The number of likely N-dealkylation sites (tertiary alicyclic amines) is 1. The summed E-state index contributed by atoms with van der Waals surface area (Å²) in [5, 5.41) is 8.21. The number of ketones is 1. The molecule has 3 rings (SSSR count). The highest BCUT2D eigenvalue weighted by Crippen LogP contribution is 2.65. The number of fused-ring (bicyclic) bond motifs is 1. The SMILES string of the molecule is C=C(C)[C@H](NC(=O)NC(C)(C)C)C(=O)N1CC2C([C@H]1C(=O)N[C@@H](CC1CCC1)C(=O)C(N)=O)C2(C)C. The first-order chi connectivity index (χ1) is 16.5. The molecule has 5 N–H and O–H groups in total. The molecule has 0 spiro atoms. The molecule has 0 aromatic carbocycles. The molecule has 200 valence electrons. The lowest BCUT2D eigenvalue weighted by Crippen LogP contribution is -2.59. The van der Waals surface area contributed by atoms with Crippen LogP contribution in [0.3, 0.4) is 0 Å². The summed E-state index contributed by atoms with van der Waals surface area (Å²) in [4.78, 5) is 65.4. The summed E-state index contributed by atoms with van der Waals surface area (Å²) in [7, 11) is 0. The van der Waals surface area contributed by atoms with Crippen molar-refractivity contribution in [1.82, 2.24) is 20.9 Å². The number of carbonyl (C=O) groups excluding carboxylic acids is 5. The molecule has 5 amide bonds. The Balaban J connectivity index is 1.80. The molecule has 1 aliphatic heterocycles. The average molecular weight is 504 g/mol. The van der Waals surface area contributed by atoms with Crippen LogP contribution in [0.15, 0.2) is 12.2 Å². The minimum atomic E-state index is -1.08. The van der Waals surface area contributed by atoms with E-state index >= 15 is 0 Å². The van der Waals surface area contributed by atoms with Crippen molar-refractivity contribution in [2.24, 2.45) is 28.9 Å². The number of nitrogens with one attached hydrogen (secondary N) is 3. The Hall–Kier alpha value is -2.91. The average Bonchev–Trinajstić information content (AvgIpc) is 3.06. The number of amides is 5. The Labute approximate surface area is 213 Å². The van der Waals surface area contributed by atoms with Crippen LogP contribution in [0.25, 0.3) is 0 Å². The lowest BCUT2D eigenvalue weighted by molar-refractivity contribution is -0.143. The van der Waals surface area contributed by atoms with Gasteiger partial charge in [-0.3, -0.25) is 19.2 Å². The van der Waals surface area contributed by atoms with Crippen molar-refractivity contribution in [1.29, 1.82) is 0 Å². The maximum atomic E-state index is 13.6. The van der Waals surface area contributed by atoms with Gasteiger partial charge in [-0.2, -0.15) is 0 Å². The highest BCUT2D eigenvalue weighted by Gasteiger charge is 2.69. The molecule has 2 aliphatic carbocycles. The topological polar surface area (TPSA) is 151 Å². The Morgan fingerprint density at radius 3 is 2.19 bits per heavy atom. The molecule has 36 heavy (non-hydrogen) atoms. The van der Waals surface area contributed by atoms with E-state index in [1.165, 1.54) is 4.90 Å². The van der Waals surface area contributed by atoms with Gasteiger partial charge in [0.2, 0.25) is 17.6 Å². The first-order valence-corrected chi connectivity index (χ1v) is 12.7. The largest absolute Gasteiger partial charge is 0.363 e. The van der Waals surface area contributed by atoms with Crippen molar-refractivity contribution in [2.75, 3.05) is 6.54 Å². The predicted octanol–water partition coefficient (Wildman–Crippen LogP) is 1.24. The monoisotopic (exact) mass is 503 g/mol. The van der Waals surface area contributed by atoms with Gasteiger partial charge in [-0.15, -0.1) is 0 Å². The van der Waals surface area contributed by atoms with Crippen molar-refractivity contribution in [3.05, 3.63) is 12.2 Å². The van der Waals surface area contributed by atoms with Gasteiger partial charge in [0.25, 0.3) is 5.91 Å². The number of hydrogen-bond donors (Lipinski definition) is 4.